The van der Waals surface area contributed by atoms with Crippen LogP contribution in [-0.2, 0) is 0 Å². The van der Waals surface area contributed by atoms with Crippen LogP contribution in [0.3, 0.4) is 0 Å². The summed E-state index contributed by atoms with van der Waals surface area (Å²) in [4.78, 5) is 29.0. The van der Waals surface area contributed by atoms with Crippen molar-refractivity contribution >= 4 is 27.8 Å². The summed E-state index contributed by atoms with van der Waals surface area (Å²) in [5.41, 5.74) is 5.23. The average Bonchev–Trinajstić information content (AvgIpc) is 3.37. The highest BCUT2D eigenvalue weighted by Gasteiger charge is 2.28. The third-order valence-electron chi connectivity index (χ3n) is 6.84. The number of hydrogen-bond acceptors (Lipinski definition) is 4. The fraction of sp³-hybridized carbons (Fsp3) is 0.207. The molecule has 1 atom stereocenters. The van der Waals surface area contributed by atoms with Gasteiger partial charge in [0.2, 0.25) is 0 Å². The largest absolute Gasteiger partial charge is 0.497 e. The van der Waals surface area contributed by atoms with Crippen LogP contribution >= 0.6 is 0 Å². The Bertz CT molecular complexity index is 1490. The predicted molar refractivity (Wildman–Crippen MR) is 138 cm³/mol. The molecule has 1 fully saturated rings. The molecule has 3 aromatic carbocycles. The van der Waals surface area contributed by atoms with Gasteiger partial charge in [-0.15, -0.1) is 0 Å². The van der Waals surface area contributed by atoms with E-state index in [0.29, 0.717) is 12.1 Å². The summed E-state index contributed by atoms with van der Waals surface area (Å²) in [6.07, 6.45) is 1.96. The van der Waals surface area contributed by atoms with Crippen LogP contribution in [0.4, 0.5) is 0 Å². The highest BCUT2D eigenvalue weighted by Crippen LogP contribution is 2.31. The topological polar surface area (TPSA) is 71.1 Å². The fourth-order valence-corrected chi connectivity index (χ4v) is 4.98. The van der Waals surface area contributed by atoms with Gasteiger partial charge in [-0.3, -0.25) is 4.79 Å². The van der Waals surface area contributed by atoms with Crippen molar-refractivity contribution in [2.45, 2.75) is 18.8 Å². The molecule has 1 aliphatic rings. The number of fused-ring (bicyclic) bond motifs is 2. The van der Waals surface area contributed by atoms with Gasteiger partial charge < -0.3 is 14.6 Å². The van der Waals surface area contributed by atoms with Crippen LogP contribution in [-0.4, -0.2) is 46.0 Å². The molecule has 0 radical (unpaired) electrons. The number of likely N-dealkylation sites (tertiary alicyclic amines) is 1. The fourth-order valence-electron chi connectivity index (χ4n) is 4.98. The summed E-state index contributed by atoms with van der Waals surface area (Å²) in [6, 6.07) is 25.6. The Morgan fingerprint density at radius 1 is 0.971 bits per heavy atom. The summed E-state index contributed by atoms with van der Waals surface area (Å²) in [5.74, 6) is 1.98. The molecule has 1 aliphatic heterocycles. The number of amides is 1. The number of para-hydroxylation sites is 3. The SMILES string of the molecule is COc1ccc(-c2cc(C(=O)N3CCC[C@H](c4nc5ccccc5[nH]4)C3)c3ccccc3n2)cc1. The van der Waals surface area contributed by atoms with E-state index in [1.165, 1.54) is 0 Å². The maximum atomic E-state index is 13.9. The lowest BCUT2D eigenvalue weighted by Crippen LogP contribution is -2.39. The monoisotopic (exact) mass is 462 g/mol. The van der Waals surface area contributed by atoms with Crippen molar-refractivity contribution in [3.8, 4) is 17.0 Å². The molecule has 1 amide bonds. The smallest absolute Gasteiger partial charge is 0.254 e. The minimum absolute atomic E-state index is 0.0409. The van der Waals surface area contributed by atoms with Crippen molar-refractivity contribution in [3.63, 3.8) is 0 Å². The summed E-state index contributed by atoms with van der Waals surface area (Å²) in [5, 5.41) is 0.876. The second kappa shape index (κ2) is 8.87. The van der Waals surface area contributed by atoms with Crippen LogP contribution in [0.1, 0.15) is 34.9 Å². The molecule has 3 heterocycles. The van der Waals surface area contributed by atoms with Crippen LogP contribution in [0.15, 0.2) is 78.9 Å². The third kappa shape index (κ3) is 4.01. The maximum absolute atomic E-state index is 13.9. The number of benzene rings is 3. The van der Waals surface area contributed by atoms with Crippen molar-refractivity contribution in [1.82, 2.24) is 19.9 Å². The molecule has 0 saturated carbocycles. The molecule has 6 nitrogen and oxygen atoms in total. The number of carbonyl (C=O) groups excluding carboxylic acids is 1. The quantitative estimate of drug-likeness (QED) is 0.366. The molecule has 1 N–H and O–H groups in total. The van der Waals surface area contributed by atoms with Gasteiger partial charge in [-0.2, -0.15) is 0 Å². The number of pyridine rings is 1. The summed E-state index contributed by atoms with van der Waals surface area (Å²) < 4.78 is 5.29. The van der Waals surface area contributed by atoms with E-state index in [0.717, 1.165) is 64.2 Å². The van der Waals surface area contributed by atoms with Crippen molar-refractivity contribution in [2.75, 3.05) is 20.2 Å². The number of ether oxygens (including phenoxy) is 1. The first-order valence-electron chi connectivity index (χ1n) is 12.0. The molecule has 0 spiro atoms. The molecule has 5 aromatic rings. The minimum atomic E-state index is 0.0409. The number of carbonyl (C=O) groups is 1. The average molecular weight is 463 g/mol. The maximum Gasteiger partial charge on any atom is 0.254 e. The standard InChI is InChI=1S/C29H26N4O2/c1-35-21-14-12-19(13-15-21)27-17-23(22-8-2-3-9-24(22)30-27)29(34)33-16-6-7-20(18-33)28-31-25-10-4-5-11-26(25)32-28/h2-5,8-15,17,20H,6-7,16,18H2,1H3,(H,31,32)/t20-/m0/s1. The lowest BCUT2D eigenvalue weighted by atomic mass is 9.96. The highest BCUT2D eigenvalue weighted by atomic mass is 16.5. The predicted octanol–water partition coefficient (Wildman–Crippen LogP) is 5.81. The number of rotatable bonds is 4. The number of H-pyrrole nitrogens is 1. The Balaban J connectivity index is 1.34. The first-order chi connectivity index (χ1) is 17.2. The van der Waals surface area contributed by atoms with Crippen LogP contribution in [0, 0.1) is 0 Å². The normalized spacial score (nSPS) is 16.0. The number of nitrogens with one attached hydrogen (secondary N) is 1. The minimum Gasteiger partial charge on any atom is -0.497 e. The van der Waals surface area contributed by atoms with Gasteiger partial charge in [0.15, 0.2) is 0 Å². The van der Waals surface area contributed by atoms with E-state index in [9.17, 15) is 4.79 Å². The van der Waals surface area contributed by atoms with Gasteiger partial charge in [0.1, 0.15) is 11.6 Å². The summed E-state index contributed by atoms with van der Waals surface area (Å²) >= 11 is 0. The van der Waals surface area contributed by atoms with E-state index in [4.69, 9.17) is 14.7 Å². The molecule has 1 saturated heterocycles. The molecule has 0 unspecified atom stereocenters. The van der Waals surface area contributed by atoms with Gasteiger partial charge in [0.05, 0.1) is 34.9 Å². The lowest BCUT2D eigenvalue weighted by molar-refractivity contribution is 0.0707. The van der Waals surface area contributed by atoms with Gasteiger partial charge in [-0.05, 0) is 61.4 Å². The van der Waals surface area contributed by atoms with E-state index in [1.807, 2.05) is 83.8 Å². The van der Waals surface area contributed by atoms with Crippen LogP contribution in [0.5, 0.6) is 5.75 Å². The molecule has 0 bridgehead atoms. The third-order valence-corrected chi connectivity index (χ3v) is 6.84. The number of aromatic amines is 1. The molecule has 0 aliphatic carbocycles. The van der Waals surface area contributed by atoms with E-state index in [-0.39, 0.29) is 11.8 Å². The summed E-state index contributed by atoms with van der Waals surface area (Å²) in [7, 11) is 1.65. The second-order valence-electron chi connectivity index (χ2n) is 9.03. The first kappa shape index (κ1) is 21.4. The van der Waals surface area contributed by atoms with Gasteiger partial charge in [0, 0.05) is 30.0 Å². The zero-order chi connectivity index (χ0) is 23.8. The van der Waals surface area contributed by atoms with E-state index < -0.39 is 0 Å². The molecular weight excluding hydrogens is 436 g/mol. The first-order valence-corrected chi connectivity index (χ1v) is 12.0. The van der Waals surface area contributed by atoms with Crippen molar-refractivity contribution in [1.29, 1.82) is 0 Å². The number of methoxy groups -OCH3 is 1. The Hall–Kier alpha value is -4.19. The van der Waals surface area contributed by atoms with Crippen LogP contribution in [0.25, 0.3) is 33.2 Å². The Morgan fingerprint density at radius 2 is 1.74 bits per heavy atom. The van der Waals surface area contributed by atoms with Gasteiger partial charge in [0.25, 0.3) is 5.91 Å². The number of imidazole rings is 1. The number of aromatic nitrogens is 3. The highest BCUT2D eigenvalue weighted by molar-refractivity contribution is 6.07. The number of hydrogen-bond donors (Lipinski definition) is 1. The van der Waals surface area contributed by atoms with Crippen molar-refractivity contribution in [3.05, 3.63) is 90.3 Å². The van der Waals surface area contributed by atoms with E-state index in [2.05, 4.69) is 4.98 Å². The molecule has 6 heteroatoms. The van der Waals surface area contributed by atoms with Gasteiger partial charge >= 0.3 is 0 Å². The second-order valence-corrected chi connectivity index (χ2v) is 9.03. The van der Waals surface area contributed by atoms with Crippen LogP contribution in [0.2, 0.25) is 0 Å². The molecule has 174 valence electrons. The van der Waals surface area contributed by atoms with Crippen molar-refractivity contribution < 1.29 is 9.53 Å². The lowest BCUT2D eigenvalue weighted by Gasteiger charge is -2.32. The Labute approximate surface area is 203 Å². The zero-order valence-corrected chi connectivity index (χ0v) is 19.6. The number of piperidine rings is 1. The van der Waals surface area contributed by atoms with E-state index in [1.54, 1.807) is 7.11 Å². The number of nitrogens with zero attached hydrogens (tertiary/aromatic N) is 3. The van der Waals surface area contributed by atoms with Gasteiger partial charge in [-0.25, -0.2) is 9.97 Å². The van der Waals surface area contributed by atoms with Gasteiger partial charge in [-0.1, -0.05) is 30.3 Å². The van der Waals surface area contributed by atoms with Crippen LogP contribution < -0.4 is 4.74 Å². The molecular formula is C29H26N4O2. The Morgan fingerprint density at radius 3 is 2.54 bits per heavy atom. The summed E-state index contributed by atoms with van der Waals surface area (Å²) in [6.45, 7) is 1.39. The molecule has 2 aromatic heterocycles. The van der Waals surface area contributed by atoms with E-state index >= 15 is 0 Å². The molecule has 35 heavy (non-hydrogen) atoms. The Kier molecular flexibility index (Phi) is 5.41. The van der Waals surface area contributed by atoms with Crippen molar-refractivity contribution in [2.24, 2.45) is 0 Å². The molecule has 6 rings (SSSR count). The zero-order valence-electron chi connectivity index (χ0n) is 19.6.